The Morgan fingerprint density at radius 1 is 1.00 bits per heavy atom. The molecule has 3 rings (SSSR count). The van der Waals surface area contributed by atoms with Gasteiger partial charge in [-0.05, 0) is 28.4 Å². The molecule has 2 aliphatic heterocycles. The molecule has 0 fully saturated rings. The van der Waals surface area contributed by atoms with E-state index in [9.17, 15) is 10.2 Å². The number of rotatable bonds is 3. The van der Waals surface area contributed by atoms with Gasteiger partial charge in [0.05, 0.1) is 13.2 Å². The number of benzene rings is 1. The van der Waals surface area contributed by atoms with E-state index in [1.807, 2.05) is 36.4 Å². The number of hydrogen-bond acceptors (Lipinski definition) is 3. The minimum Gasteiger partial charge on any atom is -0.392 e. The van der Waals surface area contributed by atoms with Crippen LogP contribution in [0.5, 0.6) is 0 Å². The Hall–Kier alpha value is -1.42. The standard InChI is InChI=1S/C14H14O3/c15-7-11-12(8-16)14-10(6-13(11)17-14)9-4-2-1-3-5-9/h1-6,13-16H,7-8H2. The van der Waals surface area contributed by atoms with E-state index in [1.165, 1.54) is 0 Å². The van der Waals surface area contributed by atoms with Crippen LogP contribution < -0.4 is 0 Å². The van der Waals surface area contributed by atoms with Crippen LogP contribution in [0.1, 0.15) is 5.56 Å². The summed E-state index contributed by atoms with van der Waals surface area (Å²) in [7, 11) is 0. The lowest BCUT2D eigenvalue weighted by Gasteiger charge is -2.16. The van der Waals surface area contributed by atoms with Gasteiger partial charge in [0.25, 0.3) is 0 Å². The predicted molar refractivity (Wildman–Crippen MR) is 64.3 cm³/mol. The molecule has 2 bridgehead atoms. The molecule has 0 amide bonds. The van der Waals surface area contributed by atoms with E-state index in [2.05, 4.69) is 0 Å². The van der Waals surface area contributed by atoms with Crippen LogP contribution >= 0.6 is 0 Å². The van der Waals surface area contributed by atoms with Crippen molar-refractivity contribution < 1.29 is 14.9 Å². The molecule has 0 aromatic heterocycles. The molecule has 1 aromatic carbocycles. The maximum atomic E-state index is 9.38. The average molecular weight is 230 g/mol. The van der Waals surface area contributed by atoms with E-state index in [0.29, 0.717) is 0 Å². The number of aliphatic hydroxyl groups is 2. The van der Waals surface area contributed by atoms with Gasteiger partial charge in [0.15, 0.2) is 0 Å². The number of aliphatic hydroxyl groups excluding tert-OH is 2. The molecule has 1 aromatic rings. The summed E-state index contributed by atoms with van der Waals surface area (Å²) >= 11 is 0. The minimum atomic E-state index is -0.186. The zero-order valence-corrected chi connectivity index (χ0v) is 9.34. The van der Waals surface area contributed by atoms with Crippen LogP contribution in [0.25, 0.3) is 5.57 Å². The Morgan fingerprint density at radius 3 is 2.35 bits per heavy atom. The minimum absolute atomic E-state index is 0.0460. The SMILES string of the molecule is OCC1=C(CO)C2OC1C=C2c1ccccc1. The molecule has 3 heteroatoms. The molecule has 3 nitrogen and oxygen atoms in total. The highest BCUT2D eigenvalue weighted by atomic mass is 16.5. The first kappa shape index (κ1) is 10.7. The van der Waals surface area contributed by atoms with Crippen molar-refractivity contribution in [3.8, 4) is 0 Å². The van der Waals surface area contributed by atoms with E-state index >= 15 is 0 Å². The summed E-state index contributed by atoms with van der Waals surface area (Å²) < 4.78 is 5.76. The predicted octanol–water partition coefficient (Wildman–Crippen LogP) is 1.13. The first-order valence-corrected chi connectivity index (χ1v) is 5.71. The van der Waals surface area contributed by atoms with Crippen LogP contribution in [0.3, 0.4) is 0 Å². The van der Waals surface area contributed by atoms with Crippen LogP contribution in [0.2, 0.25) is 0 Å². The molecule has 2 atom stereocenters. The molecule has 2 aliphatic rings. The van der Waals surface area contributed by atoms with Gasteiger partial charge in [-0.1, -0.05) is 30.3 Å². The van der Waals surface area contributed by atoms with Gasteiger partial charge < -0.3 is 14.9 Å². The van der Waals surface area contributed by atoms with E-state index < -0.39 is 0 Å². The van der Waals surface area contributed by atoms with E-state index in [4.69, 9.17) is 4.74 Å². The summed E-state index contributed by atoms with van der Waals surface area (Å²) in [4.78, 5) is 0. The van der Waals surface area contributed by atoms with Crippen molar-refractivity contribution >= 4 is 5.57 Å². The highest BCUT2D eigenvalue weighted by molar-refractivity contribution is 5.77. The molecule has 0 radical (unpaired) electrons. The fourth-order valence-corrected chi connectivity index (χ4v) is 2.57. The molecule has 0 saturated carbocycles. The number of fused-ring (bicyclic) bond motifs is 2. The first-order valence-electron chi connectivity index (χ1n) is 5.71. The van der Waals surface area contributed by atoms with Gasteiger partial charge >= 0.3 is 0 Å². The van der Waals surface area contributed by atoms with Gasteiger partial charge in [0, 0.05) is 0 Å². The third-order valence-corrected chi connectivity index (χ3v) is 3.42. The number of ether oxygens (including phenoxy) is 1. The summed E-state index contributed by atoms with van der Waals surface area (Å²) in [5.74, 6) is 0. The van der Waals surface area contributed by atoms with Gasteiger partial charge in [-0.25, -0.2) is 0 Å². The molecular formula is C14H14O3. The van der Waals surface area contributed by atoms with Crippen molar-refractivity contribution in [1.82, 2.24) is 0 Å². The summed E-state index contributed by atoms with van der Waals surface area (Å²) in [6.45, 7) is -0.100. The van der Waals surface area contributed by atoms with Crippen LogP contribution in [0.15, 0.2) is 47.6 Å². The van der Waals surface area contributed by atoms with Crippen LogP contribution in [0, 0.1) is 0 Å². The van der Waals surface area contributed by atoms with Crippen LogP contribution in [0.4, 0.5) is 0 Å². The zero-order chi connectivity index (χ0) is 11.8. The smallest absolute Gasteiger partial charge is 0.108 e. The second-order valence-corrected chi connectivity index (χ2v) is 4.29. The Balaban J connectivity index is 1.97. The molecule has 88 valence electrons. The van der Waals surface area contributed by atoms with Crippen LogP contribution in [-0.2, 0) is 4.74 Å². The van der Waals surface area contributed by atoms with Crippen molar-refractivity contribution in [2.24, 2.45) is 0 Å². The third-order valence-electron chi connectivity index (χ3n) is 3.42. The third kappa shape index (κ3) is 1.55. The quantitative estimate of drug-likeness (QED) is 0.765. The van der Waals surface area contributed by atoms with E-state index in [0.717, 1.165) is 22.3 Å². The fraction of sp³-hybridized carbons (Fsp3) is 0.286. The largest absolute Gasteiger partial charge is 0.392 e. The van der Waals surface area contributed by atoms with Crippen molar-refractivity contribution in [3.05, 3.63) is 53.1 Å². The van der Waals surface area contributed by atoms with Crippen molar-refractivity contribution in [3.63, 3.8) is 0 Å². The molecular weight excluding hydrogens is 216 g/mol. The molecule has 2 unspecified atom stereocenters. The first-order chi connectivity index (χ1) is 8.35. The summed E-state index contributed by atoms with van der Waals surface area (Å²) in [6.07, 6.45) is 1.68. The van der Waals surface area contributed by atoms with E-state index in [1.54, 1.807) is 0 Å². The molecule has 2 N–H and O–H groups in total. The lowest BCUT2D eigenvalue weighted by Crippen LogP contribution is -2.14. The normalized spacial score (nSPS) is 26.6. The molecule has 17 heavy (non-hydrogen) atoms. The maximum Gasteiger partial charge on any atom is 0.108 e. The Morgan fingerprint density at radius 2 is 1.71 bits per heavy atom. The molecule has 2 heterocycles. The Labute approximate surface area is 99.7 Å². The lowest BCUT2D eigenvalue weighted by molar-refractivity contribution is 0.121. The van der Waals surface area contributed by atoms with Crippen LogP contribution in [-0.4, -0.2) is 35.6 Å². The second kappa shape index (κ2) is 4.11. The topological polar surface area (TPSA) is 49.7 Å². The Kier molecular flexibility index (Phi) is 2.59. The second-order valence-electron chi connectivity index (χ2n) is 4.29. The summed E-state index contributed by atoms with van der Waals surface area (Å²) in [5.41, 5.74) is 3.84. The maximum absolute atomic E-state index is 9.38. The fourth-order valence-electron chi connectivity index (χ4n) is 2.57. The molecule has 0 spiro atoms. The lowest BCUT2D eigenvalue weighted by atomic mass is 9.88. The summed E-state index contributed by atoms with van der Waals surface area (Å²) in [5, 5.41) is 18.6. The van der Waals surface area contributed by atoms with Gasteiger partial charge in [-0.2, -0.15) is 0 Å². The van der Waals surface area contributed by atoms with Gasteiger partial charge in [-0.15, -0.1) is 0 Å². The highest BCUT2D eigenvalue weighted by Gasteiger charge is 2.40. The summed E-state index contributed by atoms with van der Waals surface area (Å²) in [6, 6.07) is 10.0. The zero-order valence-electron chi connectivity index (χ0n) is 9.34. The van der Waals surface area contributed by atoms with E-state index in [-0.39, 0.29) is 25.4 Å². The van der Waals surface area contributed by atoms with Crippen molar-refractivity contribution in [1.29, 1.82) is 0 Å². The van der Waals surface area contributed by atoms with Gasteiger partial charge in [0.1, 0.15) is 12.2 Å². The monoisotopic (exact) mass is 230 g/mol. The Bertz CT molecular complexity index is 487. The van der Waals surface area contributed by atoms with Gasteiger partial charge in [-0.3, -0.25) is 0 Å². The number of hydrogen-bond donors (Lipinski definition) is 2. The molecule has 0 aliphatic carbocycles. The van der Waals surface area contributed by atoms with Gasteiger partial charge in [0.2, 0.25) is 0 Å². The molecule has 0 saturated heterocycles. The van der Waals surface area contributed by atoms with Crippen molar-refractivity contribution in [2.45, 2.75) is 12.2 Å². The average Bonchev–Trinajstić information content (AvgIpc) is 2.96. The van der Waals surface area contributed by atoms with Crippen molar-refractivity contribution in [2.75, 3.05) is 13.2 Å². The highest BCUT2D eigenvalue weighted by Crippen LogP contribution is 2.42.